The maximum Gasteiger partial charge on any atom is 0.287 e. The molecule has 1 aliphatic rings. The summed E-state index contributed by atoms with van der Waals surface area (Å²) in [4.78, 5) is 24.6. The SMILES string of the molecule is CC1(C)CCCNC1CNC(=O)c1cc([N+](=O)[O-])c[nH]1.Cl. The van der Waals surface area contributed by atoms with Gasteiger partial charge in [-0.2, -0.15) is 0 Å². The molecule has 0 spiro atoms. The summed E-state index contributed by atoms with van der Waals surface area (Å²) in [7, 11) is 0. The normalized spacial score (nSPS) is 20.4. The van der Waals surface area contributed by atoms with Gasteiger partial charge in [-0.1, -0.05) is 13.8 Å². The zero-order valence-electron chi connectivity index (χ0n) is 12.1. The lowest BCUT2D eigenvalue weighted by Crippen LogP contribution is -2.52. The Morgan fingerprint density at radius 2 is 2.29 bits per heavy atom. The number of piperidine rings is 1. The first-order valence-electron chi connectivity index (χ1n) is 6.74. The summed E-state index contributed by atoms with van der Waals surface area (Å²) in [5.74, 6) is -0.318. The largest absolute Gasteiger partial charge is 0.351 e. The average Bonchev–Trinajstić information content (AvgIpc) is 2.86. The van der Waals surface area contributed by atoms with Gasteiger partial charge in [0.15, 0.2) is 0 Å². The molecule has 8 heteroatoms. The van der Waals surface area contributed by atoms with E-state index < -0.39 is 4.92 Å². The predicted molar refractivity (Wildman–Crippen MR) is 81.8 cm³/mol. The van der Waals surface area contributed by atoms with Gasteiger partial charge in [-0.05, 0) is 24.8 Å². The summed E-state index contributed by atoms with van der Waals surface area (Å²) >= 11 is 0. The molecule has 2 heterocycles. The number of rotatable bonds is 4. The number of hydrogen-bond acceptors (Lipinski definition) is 4. The van der Waals surface area contributed by atoms with Crippen molar-refractivity contribution in [2.75, 3.05) is 13.1 Å². The van der Waals surface area contributed by atoms with Crippen LogP contribution >= 0.6 is 12.4 Å². The summed E-state index contributed by atoms with van der Waals surface area (Å²) in [6.45, 7) is 5.82. The molecule has 0 aliphatic carbocycles. The fourth-order valence-corrected chi connectivity index (χ4v) is 2.53. The lowest BCUT2D eigenvalue weighted by Gasteiger charge is -2.39. The molecule has 1 fully saturated rings. The first-order chi connectivity index (χ1) is 9.40. The van der Waals surface area contributed by atoms with Gasteiger partial charge in [0.25, 0.3) is 11.6 Å². The molecule has 0 aromatic carbocycles. The fraction of sp³-hybridized carbons (Fsp3) is 0.615. The minimum atomic E-state index is -0.529. The van der Waals surface area contributed by atoms with Gasteiger partial charge in [-0.3, -0.25) is 14.9 Å². The molecule has 118 valence electrons. The average molecular weight is 317 g/mol. The first-order valence-corrected chi connectivity index (χ1v) is 6.74. The van der Waals surface area contributed by atoms with Crippen LogP contribution in [0.3, 0.4) is 0 Å². The third-order valence-corrected chi connectivity index (χ3v) is 3.92. The number of hydrogen-bond donors (Lipinski definition) is 3. The maximum absolute atomic E-state index is 11.9. The molecule has 3 N–H and O–H groups in total. The number of nitro groups is 1. The van der Waals surface area contributed by atoms with Gasteiger partial charge in [-0.15, -0.1) is 12.4 Å². The lowest BCUT2D eigenvalue weighted by atomic mass is 9.77. The van der Waals surface area contributed by atoms with Gasteiger partial charge in [0, 0.05) is 18.7 Å². The van der Waals surface area contributed by atoms with Crippen LogP contribution in [-0.2, 0) is 0 Å². The second-order valence-electron chi connectivity index (χ2n) is 5.84. The van der Waals surface area contributed by atoms with Gasteiger partial charge < -0.3 is 15.6 Å². The van der Waals surface area contributed by atoms with Crippen molar-refractivity contribution in [3.8, 4) is 0 Å². The van der Waals surface area contributed by atoms with Crippen molar-refractivity contribution in [3.63, 3.8) is 0 Å². The monoisotopic (exact) mass is 316 g/mol. The second-order valence-corrected chi connectivity index (χ2v) is 5.84. The van der Waals surface area contributed by atoms with E-state index in [1.165, 1.54) is 12.3 Å². The van der Waals surface area contributed by atoms with E-state index in [4.69, 9.17) is 0 Å². The molecule has 1 amide bonds. The van der Waals surface area contributed by atoms with E-state index >= 15 is 0 Å². The number of nitrogens with one attached hydrogen (secondary N) is 3. The number of aromatic amines is 1. The number of aromatic nitrogens is 1. The molecule has 1 aromatic heterocycles. The number of halogens is 1. The molecular weight excluding hydrogens is 296 g/mol. The van der Waals surface area contributed by atoms with Gasteiger partial charge in [0.2, 0.25) is 0 Å². The van der Waals surface area contributed by atoms with E-state index in [9.17, 15) is 14.9 Å². The highest BCUT2D eigenvalue weighted by Gasteiger charge is 2.32. The van der Waals surface area contributed by atoms with E-state index in [0.29, 0.717) is 6.54 Å². The summed E-state index contributed by atoms with van der Waals surface area (Å²) in [5.41, 5.74) is 0.240. The Balaban J connectivity index is 0.00000220. The van der Waals surface area contributed by atoms with Gasteiger partial charge in [0.05, 0.1) is 11.1 Å². The molecular formula is C13H21ClN4O3. The van der Waals surface area contributed by atoms with Crippen LogP contribution in [0, 0.1) is 15.5 Å². The molecule has 1 unspecified atom stereocenters. The summed E-state index contributed by atoms with van der Waals surface area (Å²) in [5, 5.41) is 16.8. The molecule has 2 rings (SSSR count). The highest BCUT2D eigenvalue weighted by Crippen LogP contribution is 2.29. The number of carbonyl (C=O) groups excluding carboxylic acids is 1. The van der Waals surface area contributed by atoms with Crippen LogP contribution < -0.4 is 10.6 Å². The molecule has 1 aliphatic heterocycles. The lowest BCUT2D eigenvalue weighted by molar-refractivity contribution is -0.384. The number of H-pyrrole nitrogens is 1. The van der Waals surface area contributed by atoms with Gasteiger partial charge >= 0.3 is 0 Å². The van der Waals surface area contributed by atoms with Crippen molar-refractivity contribution >= 4 is 24.0 Å². The van der Waals surface area contributed by atoms with E-state index in [1.807, 2.05) is 0 Å². The molecule has 0 saturated carbocycles. The van der Waals surface area contributed by atoms with Crippen LogP contribution in [0.15, 0.2) is 12.3 Å². The van der Waals surface area contributed by atoms with E-state index in [-0.39, 0.29) is 41.2 Å². The minimum Gasteiger partial charge on any atom is -0.351 e. The predicted octanol–water partition coefficient (Wildman–Crippen LogP) is 1.85. The Morgan fingerprint density at radius 3 is 2.86 bits per heavy atom. The smallest absolute Gasteiger partial charge is 0.287 e. The molecule has 21 heavy (non-hydrogen) atoms. The highest BCUT2D eigenvalue weighted by atomic mass is 35.5. The number of carbonyl (C=O) groups is 1. The van der Waals surface area contributed by atoms with Crippen molar-refractivity contribution in [1.29, 1.82) is 0 Å². The van der Waals surface area contributed by atoms with Crippen molar-refractivity contribution < 1.29 is 9.72 Å². The van der Waals surface area contributed by atoms with Crippen LogP contribution in [0.25, 0.3) is 0 Å². The molecule has 1 aromatic rings. The first kappa shape index (κ1) is 17.5. The van der Waals surface area contributed by atoms with Crippen LogP contribution in [0.4, 0.5) is 5.69 Å². The Morgan fingerprint density at radius 1 is 1.57 bits per heavy atom. The zero-order chi connectivity index (χ0) is 14.8. The molecule has 1 saturated heterocycles. The third kappa shape index (κ3) is 4.18. The Hall–Kier alpha value is -1.60. The van der Waals surface area contributed by atoms with Crippen LogP contribution in [-0.4, -0.2) is 34.9 Å². The van der Waals surface area contributed by atoms with Crippen molar-refractivity contribution in [2.45, 2.75) is 32.7 Å². The summed E-state index contributed by atoms with van der Waals surface area (Å²) in [6, 6.07) is 1.46. The molecule has 0 bridgehead atoms. The second kappa shape index (κ2) is 6.91. The maximum atomic E-state index is 11.9. The van der Waals surface area contributed by atoms with Gasteiger partial charge in [0.1, 0.15) is 5.69 Å². The van der Waals surface area contributed by atoms with Crippen molar-refractivity contribution in [2.24, 2.45) is 5.41 Å². The number of amides is 1. The quantitative estimate of drug-likeness (QED) is 0.583. The molecule has 0 radical (unpaired) electrons. The fourth-order valence-electron chi connectivity index (χ4n) is 2.53. The summed E-state index contributed by atoms with van der Waals surface area (Å²) in [6.07, 6.45) is 3.48. The van der Waals surface area contributed by atoms with E-state index in [2.05, 4.69) is 29.5 Å². The third-order valence-electron chi connectivity index (χ3n) is 3.92. The van der Waals surface area contributed by atoms with E-state index in [1.54, 1.807) is 0 Å². The van der Waals surface area contributed by atoms with Crippen LogP contribution in [0.1, 0.15) is 37.2 Å². The van der Waals surface area contributed by atoms with Crippen LogP contribution in [0.2, 0.25) is 0 Å². The zero-order valence-corrected chi connectivity index (χ0v) is 13.0. The van der Waals surface area contributed by atoms with Crippen LogP contribution in [0.5, 0.6) is 0 Å². The molecule has 7 nitrogen and oxygen atoms in total. The number of nitrogens with zero attached hydrogens (tertiary/aromatic N) is 1. The topological polar surface area (TPSA) is 100 Å². The molecule has 1 atom stereocenters. The minimum absolute atomic E-state index is 0. The summed E-state index contributed by atoms with van der Waals surface area (Å²) < 4.78 is 0. The Kier molecular flexibility index (Phi) is 5.74. The van der Waals surface area contributed by atoms with E-state index in [0.717, 1.165) is 19.4 Å². The Labute approximate surface area is 129 Å². The van der Waals surface area contributed by atoms with Crippen molar-refractivity contribution in [3.05, 3.63) is 28.1 Å². The standard InChI is InChI=1S/C13H20N4O3.ClH/c1-13(2)4-3-5-14-11(13)8-16-12(18)10-6-9(7-15-10)17(19)20;/h6-7,11,14-15H,3-5,8H2,1-2H3,(H,16,18);1H. The van der Waals surface area contributed by atoms with Crippen molar-refractivity contribution in [1.82, 2.24) is 15.6 Å². The van der Waals surface area contributed by atoms with Gasteiger partial charge in [-0.25, -0.2) is 0 Å². The highest BCUT2D eigenvalue weighted by molar-refractivity contribution is 5.93. The Bertz CT molecular complexity index is 515.